The van der Waals surface area contributed by atoms with Crippen molar-refractivity contribution in [1.29, 1.82) is 0 Å². The molecular formula is C28H32N6O2. The van der Waals surface area contributed by atoms with Gasteiger partial charge in [0, 0.05) is 57.9 Å². The number of hydrogen-bond donors (Lipinski definition) is 1. The van der Waals surface area contributed by atoms with E-state index in [0.29, 0.717) is 32.7 Å². The van der Waals surface area contributed by atoms with E-state index in [1.54, 1.807) is 6.92 Å². The fourth-order valence-corrected chi connectivity index (χ4v) is 5.18. The third-order valence-electron chi connectivity index (χ3n) is 7.08. The van der Waals surface area contributed by atoms with Crippen LogP contribution in [0.2, 0.25) is 0 Å². The minimum absolute atomic E-state index is 0.0380. The molecule has 8 nitrogen and oxygen atoms in total. The molecule has 0 spiro atoms. The number of aryl methyl sites for hydroxylation is 1. The summed E-state index contributed by atoms with van der Waals surface area (Å²) in [5, 5.41) is 5.35. The van der Waals surface area contributed by atoms with Gasteiger partial charge >= 0.3 is 0 Å². The molecule has 2 amide bonds. The molecule has 2 aromatic heterocycles. The lowest BCUT2D eigenvalue weighted by atomic mass is 9.96. The van der Waals surface area contributed by atoms with Crippen molar-refractivity contribution in [3.05, 3.63) is 72.3 Å². The summed E-state index contributed by atoms with van der Waals surface area (Å²) in [5.41, 5.74) is 3.14. The Balaban J connectivity index is 1.26. The fourth-order valence-electron chi connectivity index (χ4n) is 5.18. The van der Waals surface area contributed by atoms with E-state index in [2.05, 4.69) is 32.3 Å². The highest BCUT2D eigenvalue weighted by Crippen LogP contribution is 2.22. The number of imidazole rings is 1. The van der Waals surface area contributed by atoms with Gasteiger partial charge in [-0.1, -0.05) is 36.4 Å². The average molecular weight is 485 g/mol. The number of carbonyl (C=O) groups is 2. The maximum absolute atomic E-state index is 12.9. The second kappa shape index (κ2) is 10.5. The molecule has 1 saturated heterocycles. The average Bonchev–Trinajstić information content (AvgIpc) is 3.06. The number of nitrogens with zero attached hydrogens (tertiary/aromatic N) is 5. The molecule has 0 saturated carbocycles. The Morgan fingerprint density at radius 2 is 1.83 bits per heavy atom. The Labute approximate surface area is 210 Å². The monoisotopic (exact) mass is 484 g/mol. The van der Waals surface area contributed by atoms with Crippen LogP contribution in [0.25, 0.3) is 21.8 Å². The highest BCUT2D eigenvalue weighted by atomic mass is 16.2. The van der Waals surface area contributed by atoms with Crippen molar-refractivity contribution in [2.24, 2.45) is 13.0 Å². The molecule has 4 aromatic rings. The first-order chi connectivity index (χ1) is 17.5. The molecule has 1 aliphatic heterocycles. The van der Waals surface area contributed by atoms with Crippen molar-refractivity contribution >= 4 is 33.6 Å². The summed E-state index contributed by atoms with van der Waals surface area (Å²) in [4.78, 5) is 38.3. The smallest absolute Gasteiger partial charge is 0.234 e. The van der Waals surface area contributed by atoms with Crippen LogP contribution in [0.3, 0.4) is 0 Å². The van der Waals surface area contributed by atoms with Gasteiger partial charge in [-0.25, -0.2) is 4.98 Å². The predicted octanol–water partition coefficient (Wildman–Crippen LogP) is 2.76. The lowest BCUT2D eigenvalue weighted by Crippen LogP contribution is -2.40. The molecule has 0 radical (unpaired) electrons. The third-order valence-corrected chi connectivity index (χ3v) is 7.08. The lowest BCUT2D eigenvalue weighted by Gasteiger charge is -2.24. The van der Waals surface area contributed by atoms with Gasteiger partial charge in [0.2, 0.25) is 11.8 Å². The highest BCUT2D eigenvalue weighted by Gasteiger charge is 2.26. The Bertz CT molecular complexity index is 1390. The van der Waals surface area contributed by atoms with Crippen LogP contribution in [0.5, 0.6) is 0 Å². The molecule has 5 rings (SSSR count). The van der Waals surface area contributed by atoms with Crippen LogP contribution >= 0.6 is 0 Å². The topological polar surface area (TPSA) is 83.4 Å². The largest absolute Gasteiger partial charge is 0.348 e. The summed E-state index contributed by atoms with van der Waals surface area (Å²) in [6, 6.07) is 16.2. The first kappa shape index (κ1) is 23.9. The zero-order valence-electron chi connectivity index (χ0n) is 20.9. The van der Waals surface area contributed by atoms with Crippen molar-refractivity contribution in [3.8, 4) is 0 Å². The second-order valence-corrected chi connectivity index (χ2v) is 9.64. The number of hydrogen-bond acceptors (Lipinski definition) is 5. The van der Waals surface area contributed by atoms with Gasteiger partial charge in [-0.3, -0.25) is 19.5 Å². The summed E-state index contributed by atoms with van der Waals surface area (Å²) >= 11 is 0. The summed E-state index contributed by atoms with van der Waals surface area (Å²) < 4.78 is 2.01. The molecular weight excluding hydrogens is 452 g/mol. The first-order valence-corrected chi connectivity index (χ1v) is 12.4. The molecule has 1 fully saturated rings. The molecule has 0 bridgehead atoms. The van der Waals surface area contributed by atoms with Crippen molar-refractivity contribution < 1.29 is 9.59 Å². The number of benzene rings is 2. The van der Waals surface area contributed by atoms with Gasteiger partial charge in [0.1, 0.15) is 5.82 Å². The predicted molar refractivity (Wildman–Crippen MR) is 140 cm³/mol. The SMILES string of the molecule is CC(=O)N1CCN(CC(=O)NCc2nc3ccccc3n2C)C[C@@H](Cc2cncc3ccccc23)C1. The molecule has 3 heterocycles. The summed E-state index contributed by atoms with van der Waals surface area (Å²) in [6.07, 6.45) is 4.62. The van der Waals surface area contributed by atoms with Crippen LogP contribution in [0.4, 0.5) is 0 Å². The molecule has 0 aliphatic carbocycles. The molecule has 0 unspecified atom stereocenters. The van der Waals surface area contributed by atoms with Crippen molar-refractivity contribution in [3.63, 3.8) is 0 Å². The molecule has 186 valence electrons. The first-order valence-electron chi connectivity index (χ1n) is 12.4. The standard InChI is InChI=1S/C28H32N6O2/c1-20(35)34-12-11-33(17-21(18-34)13-23-15-29-14-22-7-3-4-8-24(22)23)19-28(36)30-16-27-31-25-9-5-6-10-26(25)32(27)2/h3-10,14-15,21H,11-13,16-19H2,1-2H3,(H,30,36)/t21-/m1/s1. The number of nitrogens with one attached hydrogen (secondary N) is 1. The third kappa shape index (κ3) is 5.23. The second-order valence-electron chi connectivity index (χ2n) is 9.64. The molecule has 36 heavy (non-hydrogen) atoms. The van der Waals surface area contributed by atoms with E-state index in [9.17, 15) is 9.59 Å². The number of para-hydroxylation sites is 2. The van der Waals surface area contributed by atoms with Crippen LogP contribution in [0.1, 0.15) is 18.3 Å². The minimum Gasteiger partial charge on any atom is -0.348 e. The quantitative estimate of drug-likeness (QED) is 0.455. The Morgan fingerprint density at radius 3 is 2.67 bits per heavy atom. The van der Waals surface area contributed by atoms with E-state index in [1.165, 1.54) is 10.9 Å². The van der Waals surface area contributed by atoms with Crippen LogP contribution in [-0.4, -0.2) is 68.9 Å². The van der Waals surface area contributed by atoms with Crippen molar-refractivity contribution in [2.45, 2.75) is 19.9 Å². The van der Waals surface area contributed by atoms with Crippen LogP contribution < -0.4 is 5.32 Å². The fraction of sp³-hybridized carbons (Fsp3) is 0.357. The number of rotatable bonds is 6. The summed E-state index contributed by atoms with van der Waals surface area (Å²) in [7, 11) is 1.97. The number of amides is 2. The van der Waals surface area contributed by atoms with E-state index < -0.39 is 0 Å². The Morgan fingerprint density at radius 1 is 1.03 bits per heavy atom. The summed E-state index contributed by atoms with van der Waals surface area (Å²) in [5.74, 6) is 1.06. The number of carbonyl (C=O) groups excluding carboxylic acids is 2. The molecule has 1 N–H and O–H groups in total. The molecule has 1 aliphatic rings. The van der Waals surface area contributed by atoms with Crippen molar-refractivity contribution in [1.82, 2.24) is 29.7 Å². The molecule has 2 aromatic carbocycles. The number of fused-ring (bicyclic) bond motifs is 2. The van der Waals surface area contributed by atoms with Crippen LogP contribution in [0.15, 0.2) is 60.9 Å². The highest BCUT2D eigenvalue weighted by molar-refractivity contribution is 5.84. The van der Waals surface area contributed by atoms with E-state index in [4.69, 9.17) is 0 Å². The van der Waals surface area contributed by atoms with Gasteiger partial charge in [0.25, 0.3) is 0 Å². The van der Waals surface area contributed by atoms with Gasteiger partial charge in [-0.05, 0) is 35.4 Å². The normalized spacial score (nSPS) is 16.8. The number of pyridine rings is 1. The van der Waals surface area contributed by atoms with Crippen molar-refractivity contribution in [2.75, 3.05) is 32.7 Å². The van der Waals surface area contributed by atoms with E-state index in [1.807, 2.05) is 65.3 Å². The van der Waals surface area contributed by atoms with Gasteiger partial charge in [0.05, 0.1) is 24.1 Å². The maximum atomic E-state index is 12.9. The maximum Gasteiger partial charge on any atom is 0.234 e. The van der Waals surface area contributed by atoms with Gasteiger partial charge in [-0.2, -0.15) is 0 Å². The van der Waals surface area contributed by atoms with E-state index in [-0.39, 0.29) is 17.7 Å². The number of aromatic nitrogens is 3. The summed E-state index contributed by atoms with van der Waals surface area (Å²) in [6.45, 7) is 5.00. The van der Waals surface area contributed by atoms with Crippen LogP contribution in [-0.2, 0) is 29.6 Å². The zero-order valence-corrected chi connectivity index (χ0v) is 20.9. The van der Waals surface area contributed by atoms with E-state index in [0.717, 1.165) is 35.2 Å². The lowest BCUT2D eigenvalue weighted by molar-refractivity contribution is -0.129. The Hall–Kier alpha value is -3.78. The molecule has 1 atom stereocenters. The Kier molecular flexibility index (Phi) is 6.95. The zero-order chi connectivity index (χ0) is 25.1. The van der Waals surface area contributed by atoms with Gasteiger partial charge < -0.3 is 14.8 Å². The minimum atomic E-state index is -0.0380. The van der Waals surface area contributed by atoms with Gasteiger partial charge in [-0.15, -0.1) is 0 Å². The van der Waals surface area contributed by atoms with E-state index >= 15 is 0 Å². The molecule has 8 heteroatoms. The van der Waals surface area contributed by atoms with Gasteiger partial charge in [0.15, 0.2) is 0 Å². The van der Waals surface area contributed by atoms with Crippen LogP contribution in [0, 0.1) is 5.92 Å².